The van der Waals surface area contributed by atoms with Gasteiger partial charge in [-0.25, -0.2) is 4.98 Å². The summed E-state index contributed by atoms with van der Waals surface area (Å²) in [5, 5.41) is 0.628. The van der Waals surface area contributed by atoms with Crippen molar-refractivity contribution in [3.05, 3.63) is 23.4 Å². The van der Waals surface area contributed by atoms with E-state index in [1.807, 2.05) is 0 Å². The zero-order chi connectivity index (χ0) is 9.90. The third kappa shape index (κ3) is 4.13. The summed E-state index contributed by atoms with van der Waals surface area (Å²) in [5.41, 5.74) is 0.154. The highest BCUT2D eigenvalue weighted by Gasteiger charge is 2.11. The van der Waals surface area contributed by atoms with E-state index in [4.69, 9.17) is 16.3 Å². The van der Waals surface area contributed by atoms with Gasteiger partial charge in [0.1, 0.15) is 0 Å². The van der Waals surface area contributed by atoms with Crippen LogP contribution in [0.5, 0.6) is 5.88 Å². The molecule has 0 aliphatic carbocycles. The Kier molecular flexibility index (Phi) is 3.15. The molecule has 0 saturated carbocycles. The van der Waals surface area contributed by atoms with E-state index in [-0.39, 0.29) is 5.41 Å². The van der Waals surface area contributed by atoms with Crippen molar-refractivity contribution in [2.45, 2.75) is 20.8 Å². The first kappa shape index (κ1) is 10.3. The molecule has 0 atom stereocenters. The van der Waals surface area contributed by atoms with Gasteiger partial charge in [0.15, 0.2) is 0 Å². The number of pyridine rings is 1. The van der Waals surface area contributed by atoms with Gasteiger partial charge in [0.2, 0.25) is 5.88 Å². The Morgan fingerprint density at radius 2 is 2.08 bits per heavy atom. The Morgan fingerprint density at radius 1 is 1.38 bits per heavy atom. The Hall–Kier alpha value is -0.760. The van der Waals surface area contributed by atoms with Gasteiger partial charge in [-0.3, -0.25) is 0 Å². The summed E-state index contributed by atoms with van der Waals surface area (Å²) in [6.45, 7) is 7.00. The van der Waals surface area contributed by atoms with Crippen molar-refractivity contribution >= 4 is 11.6 Å². The van der Waals surface area contributed by atoms with Crippen molar-refractivity contribution < 1.29 is 4.74 Å². The molecule has 1 rings (SSSR count). The molecule has 0 fully saturated rings. The van der Waals surface area contributed by atoms with Crippen LogP contribution in [0.1, 0.15) is 20.8 Å². The number of rotatable bonds is 2. The first-order valence-corrected chi connectivity index (χ1v) is 4.59. The predicted molar refractivity (Wildman–Crippen MR) is 54.2 cm³/mol. The molecule has 0 bridgehead atoms. The lowest BCUT2D eigenvalue weighted by atomic mass is 9.99. The quantitative estimate of drug-likeness (QED) is 0.730. The minimum Gasteiger partial charge on any atom is -0.477 e. The van der Waals surface area contributed by atoms with Gasteiger partial charge in [-0.15, -0.1) is 0 Å². The van der Waals surface area contributed by atoms with E-state index >= 15 is 0 Å². The maximum absolute atomic E-state index is 5.68. The summed E-state index contributed by atoms with van der Waals surface area (Å²) in [5.74, 6) is 0.624. The number of aromatic nitrogens is 1. The Bertz CT molecular complexity index is 263. The molecule has 0 spiro atoms. The topological polar surface area (TPSA) is 22.1 Å². The van der Waals surface area contributed by atoms with Crippen LogP contribution in [0.15, 0.2) is 18.3 Å². The van der Waals surface area contributed by atoms with Crippen LogP contribution < -0.4 is 4.74 Å². The monoisotopic (exact) mass is 199 g/mol. The maximum Gasteiger partial charge on any atom is 0.213 e. The Balaban J connectivity index is 2.51. The molecule has 3 heteroatoms. The van der Waals surface area contributed by atoms with Crippen molar-refractivity contribution in [3.8, 4) is 5.88 Å². The molecular formula is C10H14ClNO. The number of hydrogen-bond acceptors (Lipinski definition) is 2. The molecule has 0 N–H and O–H groups in total. The Labute approximate surface area is 83.9 Å². The van der Waals surface area contributed by atoms with Crippen LogP contribution in [0.3, 0.4) is 0 Å². The van der Waals surface area contributed by atoms with Gasteiger partial charge >= 0.3 is 0 Å². The van der Waals surface area contributed by atoms with Gasteiger partial charge in [0.05, 0.1) is 11.6 Å². The molecule has 0 radical (unpaired) electrons. The van der Waals surface area contributed by atoms with Crippen molar-refractivity contribution in [1.29, 1.82) is 0 Å². The van der Waals surface area contributed by atoms with E-state index in [1.54, 1.807) is 18.3 Å². The zero-order valence-corrected chi connectivity index (χ0v) is 8.93. The SMILES string of the molecule is CC(C)(C)COc1ccc(Cl)cn1. The predicted octanol–water partition coefficient (Wildman–Crippen LogP) is 3.16. The molecule has 0 aromatic carbocycles. The molecule has 0 saturated heterocycles. The van der Waals surface area contributed by atoms with Crippen LogP contribution in [-0.4, -0.2) is 11.6 Å². The van der Waals surface area contributed by atoms with E-state index in [0.29, 0.717) is 17.5 Å². The van der Waals surface area contributed by atoms with E-state index in [9.17, 15) is 0 Å². The molecule has 2 nitrogen and oxygen atoms in total. The summed E-state index contributed by atoms with van der Waals surface area (Å²) in [7, 11) is 0. The van der Waals surface area contributed by atoms with E-state index in [0.717, 1.165) is 0 Å². The Morgan fingerprint density at radius 3 is 2.54 bits per heavy atom. The van der Waals surface area contributed by atoms with Gasteiger partial charge < -0.3 is 4.74 Å². The van der Waals surface area contributed by atoms with Gasteiger partial charge in [0.25, 0.3) is 0 Å². The fraction of sp³-hybridized carbons (Fsp3) is 0.500. The number of ether oxygens (including phenoxy) is 1. The third-order valence-corrected chi connectivity index (χ3v) is 1.58. The summed E-state index contributed by atoms with van der Waals surface area (Å²) in [4.78, 5) is 4.03. The second kappa shape index (κ2) is 3.97. The van der Waals surface area contributed by atoms with Crippen LogP contribution in [0.25, 0.3) is 0 Å². The molecule has 1 heterocycles. The molecule has 72 valence electrons. The highest BCUT2D eigenvalue weighted by atomic mass is 35.5. The van der Waals surface area contributed by atoms with E-state index in [2.05, 4.69) is 25.8 Å². The summed E-state index contributed by atoms with van der Waals surface area (Å²) in [6.07, 6.45) is 1.58. The standard InChI is InChI=1S/C10H14ClNO/c1-10(2,3)7-13-9-5-4-8(11)6-12-9/h4-6H,7H2,1-3H3. The zero-order valence-electron chi connectivity index (χ0n) is 8.17. The fourth-order valence-corrected chi connectivity index (χ4v) is 0.850. The summed E-state index contributed by atoms with van der Waals surface area (Å²) >= 11 is 5.68. The van der Waals surface area contributed by atoms with Crippen LogP contribution in [0.2, 0.25) is 5.02 Å². The molecule has 0 aliphatic heterocycles. The van der Waals surface area contributed by atoms with Gasteiger partial charge in [-0.1, -0.05) is 32.4 Å². The van der Waals surface area contributed by atoms with Gasteiger partial charge in [-0.2, -0.15) is 0 Å². The molecule has 1 aromatic heterocycles. The van der Waals surface area contributed by atoms with Crippen LogP contribution in [0.4, 0.5) is 0 Å². The maximum atomic E-state index is 5.68. The van der Waals surface area contributed by atoms with Crippen LogP contribution in [-0.2, 0) is 0 Å². The minimum absolute atomic E-state index is 0.154. The summed E-state index contributed by atoms with van der Waals surface area (Å²) < 4.78 is 5.46. The van der Waals surface area contributed by atoms with Crippen molar-refractivity contribution in [2.24, 2.45) is 5.41 Å². The highest BCUT2D eigenvalue weighted by Crippen LogP contribution is 2.16. The number of halogens is 1. The van der Waals surface area contributed by atoms with Crippen LogP contribution in [0, 0.1) is 5.41 Å². The fourth-order valence-electron chi connectivity index (χ4n) is 0.738. The first-order chi connectivity index (χ1) is 5.97. The van der Waals surface area contributed by atoms with Crippen molar-refractivity contribution in [2.75, 3.05) is 6.61 Å². The van der Waals surface area contributed by atoms with Gasteiger partial charge in [0, 0.05) is 12.3 Å². The smallest absolute Gasteiger partial charge is 0.213 e. The number of nitrogens with zero attached hydrogens (tertiary/aromatic N) is 1. The molecule has 13 heavy (non-hydrogen) atoms. The molecule has 0 unspecified atom stereocenters. The minimum atomic E-state index is 0.154. The molecule has 1 aromatic rings. The lowest BCUT2D eigenvalue weighted by molar-refractivity contribution is 0.191. The normalized spacial score (nSPS) is 11.4. The average molecular weight is 200 g/mol. The molecule has 0 aliphatic rings. The third-order valence-electron chi connectivity index (χ3n) is 1.35. The van der Waals surface area contributed by atoms with Gasteiger partial charge in [-0.05, 0) is 11.5 Å². The van der Waals surface area contributed by atoms with Crippen molar-refractivity contribution in [1.82, 2.24) is 4.98 Å². The average Bonchev–Trinajstić information content (AvgIpc) is 2.02. The van der Waals surface area contributed by atoms with E-state index < -0.39 is 0 Å². The second-order valence-electron chi connectivity index (χ2n) is 4.16. The highest BCUT2D eigenvalue weighted by molar-refractivity contribution is 6.30. The second-order valence-corrected chi connectivity index (χ2v) is 4.60. The molecular weight excluding hydrogens is 186 g/mol. The lowest BCUT2D eigenvalue weighted by Gasteiger charge is -2.17. The lowest BCUT2D eigenvalue weighted by Crippen LogP contribution is -2.17. The summed E-state index contributed by atoms with van der Waals surface area (Å²) in [6, 6.07) is 3.54. The van der Waals surface area contributed by atoms with E-state index in [1.165, 1.54) is 0 Å². The van der Waals surface area contributed by atoms with Crippen LogP contribution >= 0.6 is 11.6 Å². The molecule has 0 amide bonds. The largest absolute Gasteiger partial charge is 0.477 e. The van der Waals surface area contributed by atoms with Crippen molar-refractivity contribution in [3.63, 3.8) is 0 Å². The first-order valence-electron chi connectivity index (χ1n) is 4.22. The number of hydrogen-bond donors (Lipinski definition) is 0.